The van der Waals surface area contributed by atoms with Crippen molar-refractivity contribution in [2.45, 2.75) is 38.3 Å². The van der Waals surface area contributed by atoms with E-state index in [0.717, 1.165) is 18.9 Å². The molecule has 1 aromatic rings. The lowest BCUT2D eigenvalue weighted by atomic mass is 10.1. The summed E-state index contributed by atoms with van der Waals surface area (Å²) in [7, 11) is 1.71. The number of nitrogens with zero attached hydrogens (tertiary/aromatic N) is 2. The van der Waals surface area contributed by atoms with Gasteiger partial charge in [-0.25, -0.2) is 4.98 Å². The number of pyridine rings is 1. The third-order valence-electron chi connectivity index (χ3n) is 4.04. The highest BCUT2D eigenvalue weighted by molar-refractivity contribution is 5.48. The second kappa shape index (κ2) is 8.97. The maximum atomic E-state index is 9.39. The van der Waals surface area contributed by atoms with Gasteiger partial charge in [-0.1, -0.05) is 18.9 Å². The number of rotatable bonds is 9. The highest BCUT2D eigenvalue weighted by Crippen LogP contribution is 2.28. The van der Waals surface area contributed by atoms with Crippen LogP contribution in [0.1, 0.15) is 31.2 Å². The Hall–Kier alpha value is -1.17. The Bertz CT molecular complexity index is 408. The van der Waals surface area contributed by atoms with Crippen molar-refractivity contribution >= 4 is 5.82 Å². The van der Waals surface area contributed by atoms with Gasteiger partial charge >= 0.3 is 0 Å². The molecule has 1 heterocycles. The molecule has 1 aromatic heterocycles. The van der Waals surface area contributed by atoms with Gasteiger partial charge in [0.2, 0.25) is 0 Å². The van der Waals surface area contributed by atoms with Crippen LogP contribution < -0.4 is 10.2 Å². The van der Waals surface area contributed by atoms with Gasteiger partial charge in [0.25, 0.3) is 0 Å². The van der Waals surface area contributed by atoms with E-state index in [-0.39, 0.29) is 6.61 Å². The molecule has 2 rings (SSSR count). The summed E-state index contributed by atoms with van der Waals surface area (Å²) in [6.45, 7) is 3.14. The van der Waals surface area contributed by atoms with Crippen molar-refractivity contribution in [2.75, 3.05) is 38.3 Å². The van der Waals surface area contributed by atoms with Crippen molar-refractivity contribution in [3.63, 3.8) is 0 Å². The third-order valence-corrected chi connectivity index (χ3v) is 4.04. The lowest BCUT2D eigenvalue weighted by Crippen LogP contribution is -2.37. The molecule has 1 aliphatic rings. The van der Waals surface area contributed by atoms with Gasteiger partial charge in [-0.2, -0.15) is 0 Å². The lowest BCUT2D eigenvalue weighted by molar-refractivity contribution is 0.199. The Morgan fingerprint density at radius 2 is 2.24 bits per heavy atom. The zero-order valence-corrected chi connectivity index (χ0v) is 12.9. The van der Waals surface area contributed by atoms with Crippen LogP contribution in [0, 0.1) is 0 Å². The number of aromatic nitrogens is 1. The van der Waals surface area contributed by atoms with Crippen molar-refractivity contribution in [2.24, 2.45) is 0 Å². The first-order valence-electron chi connectivity index (χ1n) is 7.88. The van der Waals surface area contributed by atoms with E-state index in [0.29, 0.717) is 19.2 Å². The number of anilines is 1. The topological polar surface area (TPSA) is 57.6 Å². The molecule has 2 N–H and O–H groups in total. The number of hydrogen-bond acceptors (Lipinski definition) is 5. The molecule has 1 saturated carbocycles. The molecule has 0 spiro atoms. The second-order valence-electron chi connectivity index (χ2n) is 5.51. The Morgan fingerprint density at radius 3 is 2.95 bits per heavy atom. The molecule has 0 bridgehead atoms. The predicted octanol–water partition coefficient (Wildman–Crippen LogP) is 1.56. The molecule has 0 unspecified atom stereocenters. The zero-order chi connectivity index (χ0) is 14.9. The quantitative estimate of drug-likeness (QED) is 0.677. The van der Waals surface area contributed by atoms with Gasteiger partial charge in [-0.3, -0.25) is 0 Å². The SMILES string of the molecule is COCCNCc1cccnc1N(CCO)C1CCCC1. The number of aliphatic hydroxyl groups is 1. The third kappa shape index (κ3) is 4.66. The van der Waals surface area contributed by atoms with E-state index in [2.05, 4.69) is 21.3 Å². The predicted molar refractivity (Wildman–Crippen MR) is 84.5 cm³/mol. The maximum absolute atomic E-state index is 9.39. The molecule has 21 heavy (non-hydrogen) atoms. The summed E-state index contributed by atoms with van der Waals surface area (Å²) < 4.78 is 5.06. The number of ether oxygens (including phenoxy) is 1. The molecule has 0 saturated heterocycles. The molecule has 5 heteroatoms. The fourth-order valence-electron chi connectivity index (χ4n) is 3.01. The number of aliphatic hydroxyl groups excluding tert-OH is 1. The van der Waals surface area contributed by atoms with E-state index in [1.807, 2.05) is 12.3 Å². The Balaban J connectivity index is 2.07. The molecule has 0 aromatic carbocycles. The van der Waals surface area contributed by atoms with Crippen molar-refractivity contribution in [3.8, 4) is 0 Å². The fraction of sp³-hybridized carbons (Fsp3) is 0.688. The molecule has 0 radical (unpaired) electrons. The standard InChI is InChI=1S/C16H27N3O2/c1-21-12-9-17-13-14-5-4-8-18-16(14)19(10-11-20)15-6-2-3-7-15/h4-5,8,15,17,20H,2-3,6-7,9-13H2,1H3. The first kappa shape index (κ1) is 16.2. The second-order valence-corrected chi connectivity index (χ2v) is 5.51. The highest BCUT2D eigenvalue weighted by atomic mass is 16.5. The summed E-state index contributed by atoms with van der Waals surface area (Å²) in [5.41, 5.74) is 1.19. The van der Waals surface area contributed by atoms with Gasteiger partial charge in [0.1, 0.15) is 5.82 Å². The number of methoxy groups -OCH3 is 1. The summed E-state index contributed by atoms with van der Waals surface area (Å²) in [4.78, 5) is 6.88. The van der Waals surface area contributed by atoms with Crippen LogP contribution >= 0.6 is 0 Å². The summed E-state index contributed by atoms with van der Waals surface area (Å²) in [6, 6.07) is 4.61. The summed E-state index contributed by atoms with van der Waals surface area (Å²) in [5.74, 6) is 1.02. The van der Waals surface area contributed by atoms with Crippen molar-refractivity contribution in [1.29, 1.82) is 0 Å². The van der Waals surface area contributed by atoms with E-state index in [4.69, 9.17) is 4.74 Å². The monoisotopic (exact) mass is 293 g/mol. The minimum atomic E-state index is 0.170. The zero-order valence-electron chi connectivity index (χ0n) is 12.9. The Labute approximate surface area is 127 Å². The molecule has 0 amide bonds. The van der Waals surface area contributed by atoms with E-state index in [9.17, 15) is 5.11 Å². The molecule has 1 fully saturated rings. The van der Waals surface area contributed by atoms with Gasteiger partial charge in [0.05, 0.1) is 13.2 Å². The van der Waals surface area contributed by atoms with Crippen LogP contribution in [-0.4, -0.2) is 49.5 Å². The van der Waals surface area contributed by atoms with Gasteiger partial charge < -0.3 is 20.1 Å². The number of nitrogens with one attached hydrogen (secondary N) is 1. The van der Waals surface area contributed by atoms with Crippen LogP contribution in [0.15, 0.2) is 18.3 Å². The van der Waals surface area contributed by atoms with E-state index in [1.54, 1.807) is 7.11 Å². The van der Waals surface area contributed by atoms with Crippen LogP contribution in [0.25, 0.3) is 0 Å². The molecule has 0 atom stereocenters. The van der Waals surface area contributed by atoms with Gasteiger partial charge in [0.15, 0.2) is 0 Å². The minimum Gasteiger partial charge on any atom is -0.395 e. The maximum Gasteiger partial charge on any atom is 0.133 e. The molecular formula is C16H27N3O2. The Kier molecular flexibility index (Phi) is 6.92. The van der Waals surface area contributed by atoms with E-state index in [1.165, 1.54) is 31.2 Å². The number of hydrogen-bond donors (Lipinski definition) is 2. The minimum absolute atomic E-state index is 0.170. The molecule has 1 aliphatic carbocycles. The van der Waals surface area contributed by atoms with Crippen LogP contribution in [0.3, 0.4) is 0 Å². The summed E-state index contributed by atoms with van der Waals surface area (Å²) in [5, 5.41) is 12.8. The molecule has 118 valence electrons. The average molecular weight is 293 g/mol. The van der Waals surface area contributed by atoms with Crippen molar-refractivity contribution in [1.82, 2.24) is 10.3 Å². The van der Waals surface area contributed by atoms with Crippen LogP contribution in [0.5, 0.6) is 0 Å². The van der Waals surface area contributed by atoms with Gasteiger partial charge in [-0.05, 0) is 18.9 Å². The fourth-order valence-corrected chi connectivity index (χ4v) is 3.01. The largest absolute Gasteiger partial charge is 0.395 e. The van der Waals surface area contributed by atoms with Gasteiger partial charge in [0, 0.05) is 44.5 Å². The first-order valence-corrected chi connectivity index (χ1v) is 7.88. The summed E-state index contributed by atoms with van der Waals surface area (Å²) >= 11 is 0. The molecule has 0 aliphatic heterocycles. The van der Waals surface area contributed by atoms with Crippen LogP contribution in [0.4, 0.5) is 5.82 Å². The Morgan fingerprint density at radius 1 is 1.43 bits per heavy atom. The smallest absolute Gasteiger partial charge is 0.133 e. The van der Waals surface area contributed by atoms with Gasteiger partial charge in [-0.15, -0.1) is 0 Å². The first-order chi connectivity index (χ1) is 10.4. The van der Waals surface area contributed by atoms with E-state index >= 15 is 0 Å². The van der Waals surface area contributed by atoms with Crippen molar-refractivity contribution in [3.05, 3.63) is 23.9 Å². The van der Waals surface area contributed by atoms with Crippen LogP contribution in [0.2, 0.25) is 0 Å². The highest BCUT2D eigenvalue weighted by Gasteiger charge is 2.24. The van der Waals surface area contributed by atoms with Crippen molar-refractivity contribution < 1.29 is 9.84 Å². The van der Waals surface area contributed by atoms with E-state index < -0.39 is 0 Å². The summed E-state index contributed by atoms with van der Waals surface area (Å²) in [6.07, 6.45) is 6.80. The lowest BCUT2D eigenvalue weighted by Gasteiger charge is -2.31. The average Bonchev–Trinajstić information content (AvgIpc) is 3.04. The van der Waals surface area contributed by atoms with Crippen LogP contribution in [-0.2, 0) is 11.3 Å². The molecule has 5 nitrogen and oxygen atoms in total. The normalized spacial score (nSPS) is 15.5. The molecular weight excluding hydrogens is 266 g/mol.